The molecule has 0 nitrogen and oxygen atoms in total. The summed E-state index contributed by atoms with van der Waals surface area (Å²) in [6.45, 7) is 6.95. The Morgan fingerprint density at radius 3 is 1.64 bits per heavy atom. The third-order valence-corrected chi connectivity index (χ3v) is 5.38. The summed E-state index contributed by atoms with van der Waals surface area (Å²) in [6.07, 6.45) is 4.54. The standard InChI is InChI=1S/C21H25Br/c1-21(2,3)19-12-17-10-8-15-4-5-16(7-6-15)9-11-18(13-19)20(17)14-22/h4-7,12-13H,8-11,14H2,1-3H3. The van der Waals surface area contributed by atoms with E-state index in [9.17, 15) is 0 Å². The quantitative estimate of drug-likeness (QED) is 0.569. The number of hydrogen-bond acceptors (Lipinski definition) is 0. The van der Waals surface area contributed by atoms with Crippen LogP contribution in [-0.2, 0) is 36.4 Å². The van der Waals surface area contributed by atoms with Crippen molar-refractivity contribution in [3.8, 4) is 0 Å². The largest absolute Gasteiger partial charge is 0.0876 e. The van der Waals surface area contributed by atoms with Crippen molar-refractivity contribution in [3.63, 3.8) is 0 Å². The summed E-state index contributed by atoms with van der Waals surface area (Å²) in [4.78, 5) is 0. The molecule has 4 rings (SSSR count). The first-order chi connectivity index (χ1) is 10.5. The first kappa shape index (κ1) is 15.8. The molecule has 0 atom stereocenters. The minimum Gasteiger partial charge on any atom is -0.0876 e. The van der Waals surface area contributed by atoms with E-state index in [2.05, 4.69) is 73.1 Å². The van der Waals surface area contributed by atoms with Gasteiger partial charge in [0.15, 0.2) is 0 Å². The molecule has 2 aliphatic rings. The topological polar surface area (TPSA) is 0 Å². The van der Waals surface area contributed by atoms with E-state index in [-0.39, 0.29) is 5.41 Å². The Bertz CT molecular complexity index is 611. The minimum atomic E-state index is 0.213. The molecule has 0 aromatic heterocycles. The van der Waals surface area contributed by atoms with Crippen LogP contribution in [0.25, 0.3) is 0 Å². The van der Waals surface area contributed by atoms with Gasteiger partial charge in [-0.25, -0.2) is 0 Å². The maximum atomic E-state index is 3.73. The molecule has 116 valence electrons. The summed E-state index contributed by atoms with van der Waals surface area (Å²) in [5, 5.41) is 0.966. The molecule has 4 bridgehead atoms. The molecule has 0 N–H and O–H groups in total. The van der Waals surface area contributed by atoms with Crippen molar-refractivity contribution in [2.24, 2.45) is 0 Å². The SMILES string of the molecule is CC(C)(C)c1cc2c(CBr)c(c1)CCc1ccc(cc1)CC2. The van der Waals surface area contributed by atoms with Crippen LogP contribution in [0.15, 0.2) is 36.4 Å². The molecule has 22 heavy (non-hydrogen) atoms. The van der Waals surface area contributed by atoms with Gasteiger partial charge in [-0.15, -0.1) is 0 Å². The van der Waals surface area contributed by atoms with Crippen LogP contribution in [0.3, 0.4) is 0 Å². The lowest BCUT2D eigenvalue weighted by Gasteiger charge is -2.24. The summed E-state index contributed by atoms with van der Waals surface area (Å²) in [6, 6.07) is 14.1. The second-order valence-corrected chi connectivity index (χ2v) is 8.03. The Morgan fingerprint density at radius 1 is 0.818 bits per heavy atom. The lowest BCUT2D eigenvalue weighted by Crippen LogP contribution is -2.14. The molecular weight excluding hydrogens is 332 g/mol. The van der Waals surface area contributed by atoms with Crippen molar-refractivity contribution >= 4 is 15.9 Å². The van der Waals surface area contributed by atoms with Gasteiger partial charge in [0, 0.05) is 5.33 Å². The Balaban J connectivity index is 2.11. The van der Waals surface area contributed by atoms with Crippen LogP contribution in [0, 0.1) is 0 Å². The van der Waals surface area contributed by atoms with Gasteiger partial charge in [-0.3, -0.25) is 0 Å². The first-order valence-corrected chi connectivity index (χ1v) is 9.38. The van der Waals surface area contributed by atoms with Crippen LogP contribution < -0.4 is 0 Å². The summed E-state index contributed by atoms with van der Waals surface area (Å²) in [7, 11) is 0. The van der Waals surface area contributed by atoms with Crippen molar-refractivity contribution in [1.82, 2.24) is 0 Å². The Labute approximate surface area is 143 Å². The highest BCUT2D eigenvalue weighted by Gasteiger charge is 2.19. The van der Waals surface area contributed by atoms with Crippen molar-refractivity contribution in [2.75, 3.05) is 0 Å². The molecule has 0 radical (unpaired) electrons. The van der Waals surface area contributed by atoms with Crippen LogP contribution in [0.4, 0.5) is 0 Å². The molecule has 2 aliphatic carbocycles. The van der Waals surface area contributed by atoms with E-state index in [4.69, 9.17) is 0 Å². The number of fused-ring (bicyclic) bond motifs is 4. The van der Waals surface area contributed by atoms with Gasteiger partial charge in [0.25, 0.3) is 0 Å². The fraction of sp³-hybridized carbons (Fsp3) is 0.429. The third-order valence-electron chi connectivity index (χ3n) is 4.82. The highest BCUT2D eigenvalue weighted by molar-refractivity contribution is 9.08. The zero-order chi connectivity index (χ0) is 15.7. The maximum absolute atomic E-state index is 3.73. The second-order valence-electron chi connectivity index (χ2n) is 7.47. The van der Waals surface area contributed by atoms with E-state index >= 15 is 0 Å². The molecular formula is C21H25Br. The zero-order valence-corrected chi connectivity index (χ0v) is 15.5. The molecule has 0 spiro atoms. The highest BCUT2D eigenvalue weighted by atomic mass is 79.9. The normalized spacial score (nSPS) is 14.7. The fourth-order valence-corrected chi connectivity index (χ4v) is 4.00. The number of benzene rings is 2. The number of alkyl halides is 1. The van der Waals surface area contributed by atoms with Crippen LogP contribution in [-0.4, -0.2) is 0 Å². The number of halogens is 1. The van der Waals surface area contributed by atoms with Gasteiger partial charge in [0.1, 0.15) is 0 Å². The van der Waals surface area contributed by atoms with Crippen molar-refractivity contribution in [3.05, 3.63) is 69.8 Å². The molecule has 0 saturated heterocycles. The van der Waals surface area contributed by atoms with Gasteiger partial charge in [-0.2, -0.15) is 0 Å². The molecule has 0 heterocycles. The fourth-order valence-electron chi connectivity index (χ4n) is 3.28. The van der Waals surface area contributed by atoms with E-state index < -0.39 is 0 Å². The zero-order valence-electron chi connectivity index (χ0n) is 13.9. The summed E-state index contributed by atoms with van der Waals surface area (Å²) in [5.74, 6) is 0. The highest BCUT2D eigenvalue weighted by Crippen LogP contribution is 2.30. The van der Waals surface area contributed by atoms with Crippen LogP contribution >= 0.6 is 15.9 Å². The van der Waals surface area contributed by atoms with Crippen molar-refractivity contribution in [2.45, 2.75) is 57.2 Å². The lowest BCUT2D eigenvalue weighted by molar-refractivity contribution is 0.587. The summed E-state index contributed by atoms with van der Waals surface area (Å²) >= 11 is 3.73. The van der Waals surface area contributed by atoms with E-state index in [1.165, 1.54) is 33.4 Å². The monoisotopic (exact) mass is 356 g/mol. The molecule has 0 amide bonds. The molecule has 0 unspecified atom stereocenters. The molecule has 2 aromatic rings. The predicted octanol–water partition coefficient (Wildman–Crippen LogP) is 5.76. The average Bonchev–Trinajstić information content (AvgIpc) is 2.52. The van der Waals surface area contributed by atoms with E-state index in [1.54, 1.807) is 0 Å². The van der Waals surface area contributed by atoms with Gasteiger partial charge in [-0.1, -0.05) is 73.1 Å². The van der Waals surface area contributed by atoms with Crippen LogP contribution in [0.1, 0.15) is 54.2 Å². The van der Waals surface area contributed by atoms with Gasteiger partial charge < -0.3 is 0 Å². The lowest BCUT2D eigenvalue weighted by atomic mass is 9.82. The Kier molecular flexibility index (Phi) is 4.45. The maximum Gasteiger partial charge on any atom is 0.0288 e. The van der Waals surface area contributed by atoms with Crippen molar-refractivity contribution in [1.29, 1.82) is 0 Å². The number of hydrogen-bond donors (Lipinski definition) is 0. The smallest absolute Gasteiger partial charge is 0.0288 e. The molecule has 2 aromatic carbocycles. The van der Waals surface area contributed by atoms with Gasteiger partial charge in [0.2, 0.25) is 0 Å². The first-order valence-electron chi connectivity index (χ1n) is 8.26. The van der Waals surface area contributed by atoms with E-state index in [0.717, 1.165) is 31.0 Å². The number of aryl methyl sites for hydroxylation is 4. The average molecular weight is 357 g/mol. The van der Waals surface area contributed by atoms with Gasteiger partial charge in [0.05, 0.1) is 0 Å². The third kappa shape index (κ3) is 3.30. The van der Waals surface area contributed by atoms with Gasteiger partial charge >= 0.3 is 0 Å². The van der Waals surface area contributed by atoms with Crippen LogP contribution in [0.5, 0.6) is 0 Å². The Morgan fingerprint density at radius 2 is 1.27 bits per heavy atom. The van der Waals surface area contributed by atoms with Crippen molar-refractivity contribution < 1.29 is 0 Å². The summed E-state index contributed by atoms with van der Waals surface area (Å²) in [5.41, 5.74) is 9.18. The molecule has 0 fully saturated rings. The van der Waals surface area contributed by atoms with E-state index in [0.29, 0.717) is 0 Å². The Hall–Kier alpha value is -1.08. The van der Waals surface area contributed by atoms with E-state index in [1.807, 2.05) is 0 Å². The molecule has 1 heteroatoms. The minimum absolute atomic E-state index is 0.213. The summed E-state index contributed by atoms with van der Waals surface area (Å²) < 4.78 is 0. The molecule has 0 aliphatic heterocycles. The molecule has 0 saturated carbocycles. The number of rotatable bonds is 1. The van der Waals surface area contributed by atoms with Gasteiger partial charge in [-0.05, 0) is 64.5 Å². The second kappa shape index (κ2) is 6.20. The predicted molar refractivity (Wildman–Crippen MR) is 99.0 cm³/mol. The van der Waals surface area contributed by atoms with Crippen LogP contribution in [0.2, 0.25) is 0 Å².